The van der Waals surface area contributed by atoms with Crippen molar-refractivity contribution in [3.8, 4) is 0 Å². The lowest BCUT2D eigenvalue weighted by molar-refractivity contribution is -0.118. The molecule has 0 bridgehead atoms. The smallest absolute Gasteiger partial charge is 0.228 e. The Morgan fingerprint density at radius 1 is 0.870 bits per heavy atom. The van der Waals surface area contributed by atoms with Gasteiger partial charge in [-0.15, -0.1) is 0 Å². The quantitative estimate of drug-likeness (QED) is 0.867. The maximum atomic E-state index is 12.7. The molecule has 0 atom stereocenters. The highest BCUT2D eigenvalue weighted by Crippen LogP contribution is 2.29. The van der Waals surface area contributed by atoms with Gasteiger partial charge in [0, 0.05) is 37.4 Å². The van der Waals surface area contributed by atoms with E-state index in [1.165, 1.54) is 16.8 Å². The molecule has 0 spiro atoms. The van der Waals surface area contributed by atoms with E-state index in [1.54, 1.807) is 0 Å². The summed E-state index contributed by atoms with van der Waals surface area (Å²) in [6.45, 7) is 2.70. The van der Waals surface area contributed by atoms with E-state index in [2.05, 4.69) is 47.4 Å². The fourth-order valence-corrected chi connectivity index (χ4v) is 3.80. The first kappa shape index (κ1) is 14.3. The minimum atomic E-state index is 0.251. The van der Waals surface area contributed by atoms with Gasteiger partial charge < -0.3 is 9.80 Å². The molecule has 3 nitrogen and oxygen atoms in total. The van der Waals surface area contributed by atoms with Gasteiger partial charge in [-0.05, 0) is 42.5 Å². The predicted molar refractivity (Wildman–Crippen MR) is 94.1 cm³/mol. The first-order chi connectivity index (χ1) is 11.3. The van der Waals surface area contributed by atoms with Crippen LogP contribution in [-0.4, -0.2) is 25.5 Å². The fourth-order valence-electron chi connectivity index (χ4n) is 3.80. The Bertz CT molecular complexity index is 725. The standard InChI is InChI=1S/C20H22N2O/c23-20(22-13-5-8-16-6-2-4-10-19(16)22)12-15-21-14-11-17-7-1-3-9-18(17)21/h1-4,6-7,9-10H,5,8,11-15H2. The second kappa shape index (κ2) is 6.07. The van der Waals surface area contributed by atoms with Gasteiger partial charge in [0.1, 0.15) is 0 Å². The van der Waals surface area contributed by atoms with Crippen LogP contribution < -0.4 is 9.80 Å². The van der Waals surface area contributed by atoms with E-state index in [1.807, 2.05) is 11.0 Å². The highest BCUT2D eigenvalue weighted by atomic mass is 16.2. The molecule has 23 heavy (non-hydrogen) atoms. The Hall–Kier alpha value is -2.29. The van der Waals surface area contributed by atoms with E-state index < -0.39 is 0 Å². The van der Waals surface area contributed by atoms with Gasteiger partial charge in [-0.3, -0.25) is 4.79 Å². The van der Waals surface area contributed by atoms with E-state index in [9.17, 15) is 4.79 Å². The maximum absolute atomic E-state index is 12.7. The SMILES string of the molecule is O=C(CCN1CCc2ccccc21)N1CCCc2ccccc21. The Labute approximate surface area is 137 Å². The molecule has 0 aliphatic carbocycles. The molecule has 0 aromatic heterocycles. The van der Waals surface area contributed by atoms with E-state index >= 15 is 0 Å². The summed E-state index contributed by atoms with van der Waals surface area (Å²) in [6, 6.07) is 16.9. The minimum absolute atomic E-state index is 0.251. The molecule has 118 valence electrons. The van der Waals surface area contributed by atoms with E-state index in [4.69, 9.17) is 0 Å². The van der Waals surface area contributed by atoms with Gasteiger partial charge in [-0.2, -0.15) is 0 Å². The fraction of sp³-hybridized carbons (Fsp3) is 0.350. The summed E-state index contributed by atoms with van der Waals surface area (Å²) >= 11 is 0. The lowest BCUT2D eigenvalue weighted by Crippen LogP contribution is -2.37. The van der Waals surface area contributed by atoms with E-state index in [0.717, 1.165) is 44.6 Å². The summed E-state index contributed by atoms with van der Waals surface area (Å²) in [5.41, 5.74) is 5.13. The van der Waals surface area contributed by atoms with Crippen molar-refractivity contribution in [3.63, 3.8) is 0 Å². The Kier molecular flexibility index (Phi) is 3.78. The van der Waals surface area contributed by atoms with Gasteiger partial charge in [-0.25, -0.2) is 0 Å². The van der Waals surface area contributed by atoms with Crippen LogP contribution >= 0.6 is 0 Å². The lowest BCUT2D eigenvalue weighted by atomic mass is 10.0. The van der Waals surface area contributed by atoms with Crippen LogP contribution in [0.4, 0.5) is 11.4 Å². The number of fused-ring (bicyclic) bond motifs is 2. The van der Waals surface area contributed by atoms with Gasteiger partial charge in [0.25, 0.3) is 0 Å². The second-order valence-corrected chi connectivity index (χ2v) is 6.39. The predicted octanol–water partition coefficient (Wildman–Crippen LogP) is 3.42. The topological polar surface area (TPSA) is 23.6 Å². The summed E-state index contributed by atoms with van der Waals surface area (Å²) in [4.78, 5) is 17.1. The highest BCUT2D eigenvalue weighted by molar-refractivity contribution is 5.94. The Morgan fingerprint density at radius 2 is 1.57 bits per heavy atom. The molecule has 0 radical (unpaired) electrons. The van der Waals surface area contributed by atoms with Gasteiger partial charge >= 0.3 is 0 Å². The molecule has 3 heteroatoms. The molecule has 0 unspecified atom stereocenters. The van der Waals surface area contributed by atoms with Crippen LogP contribution in [0.25, 0.3) is 0 Å². The van der Waals surface area contributed by atoms with Crippen molar-refractivity contribution in [2.24, 2.45) is 0 Å². The molecule has 2 aliphatic heterocycles. The minimum Gasteiger partial charge on any atom is -0.370 e. The molecule has 2 heterocycles. The molecule has 2 aromatic carbocycles. The first-order valence-electron chi connectivity index (χ1n) is 8.54. The van der Waals surface area contributed by atoms with Gasteiger partial charge in [0.2, 0.25) is 5.91 Å². The average Bonchev–Trinajstić information content (AvgIpc) is 3.02. The van der Waals surface area contributed by atoms with Crippen LogP contribution in [0.2, 0.25) is 0 Å². The van der Waals surface area contributed by atoms with Gasteiger partial charge in [-0.1, -0.05) is 36.4 Å². The molecule has 0 saturated heterocycles. The third-order valence-electron chi connectivity index (χ3n) is 4.99. The van der Waals surface area contributed by atoms with Crippen LogP contribution in [0.15, 0.2) is 48.5 Å². The van der Waals surface area contributed by atoms with Crippen LogP contribution in [0.3, 0.4) is 0 Å². The van der Waals surface area contributed by atoms with Crippen LogP contribution in [0.5, 0.6) is 0 Å². The molecule has 2 aromatic rings. The Morgan fingerprint density at radius 3 is 2.39 bits per heavy atom. The number of para-hydroxylation sites is 2. The van der Waals surface area contributed by atoms with E-state index in [-0.39, 0.29) is 5.91 Å². The number of carbonyl (C=O) groups excluding carboxylic acids is 1. The number of hydrogen-bond donors (Lipinski definition) is 0. The number of benzene rings is 2. The monoisotopic (exact) mass is 306 g/mol. The first-order valence-corrected chi connectivity index (χ1v) is 8.54. The van der Waals surface area contributed by atoms with Crippen molar-refractivity contribution in [1.82, 2.24) is 0 Å². The number of hydrogen-bond acceptors (Lipinski definition) is 2. The normalized spacial score (nSPS) is 16.2. The zero-order chi connectivity index (χ0) is 15.6. The zero-order valence-electron chi connectivity index (χ0n) is 13.4. The van der Waals surface area contributed by atoms with Crippen molar-refractivity contribution in [2.45, 2.75) is 25.7 Å². The van der Waals surface area contributed by atoms with Crippen molar-refractivity contribution in [1.29, 1.82) is 0 Å². The van der Waals surface area contributed by atoms with Crippen molar-refractivity contribution >= 4 is 17.3 Å². The summed E-state index contributed by atoms with van der Waals surface area (Å²) < 4.78 is 0. The number of anilines is 2. The molecule has 0 saturated carbocycles. The van der Waals surface area contributed by atoms with Gasteiger partial charge in [0.05, 0.1) is 0 Å². The number of carbonyl (C=O) groups is 1. The third kappa shape index (κ3) is 2.72. The number of amides is 1. The van der Waals surface area contributed by atoms with Crippen molar-refractivity contribution in [2.75, 3.05) is 29.4 Å². The maximum Gasteiger partial charge on any atom is 0.228 e. The summed E-state index contributed by atoms with van der Waals surface area (Å²) in [5.74, 6) is 0.251. The molecule has 0 N–H and O–H groups in total. The van der Waals surface area contributed by atoms with Gasteiger partial charge in [0.15, 0.2) is 0 Å². The summed E-state index contributed by atoms with van der Waals surface area (Å²) in [6.07, 6.45) is 3.83. The zero-order valence-corrected chi connectivity index (χ0v) is 13.4. The lowest BCUT2D eigenvalue weighted by Gasteiger charge is -2.30. The summed E-state index contributed by atoms with van der Waals surface area (Å²) in [5, 5.41) is 0. The highest BCUT2D eigenvalue weighted by Gasteiger charge is 2.24. The molecule has 2 aliphatic rings. The van der Waals surface area contributed by atoms with Crippen LogP contribution in [0, 0.1) is 0 Å². The molecule has 4 rings (SSSR count). The number of rotatable bonds is 3. The number of aryl methyl sites for hydroxylation is 1. The molecular weight excluding hydrogens is 284 g/mol. The van der Waals surface area contributed by atoms with Crippen LogP contribution in [-0.2, 0) is 17.6 Å². The average molecular weight is 306 g/mol. The number of nitrogens with zero attached hydrogens (tertiary/aromatic N) is 2. The van der Waals surface area contributed by atoms with Crippen molar-refractivity contribution in [3.05, 3.63) is 59.7 Å². The second-order valence-electron chi connectivity index (χ2n) is 6.39. The molecule has 1 amide bonds. The largest absolute Gasteiger partial charge is 0.370 e. The Balaban J connectivity index is 1.44. The summed E-state index contributed by atoms with van der Waals surface area (Å²) in [7, 11) is 0. The van der Waals surface area contributed by atoms with E-state index in [0.29, 0.717) is 6.42 Å². The van der Waals surface area contributed by atoms with Crippen molar-refractivity contribution < 1.29 is 4.79 Å². The molecule has 0 fully saturated rings. The molecular formula is C20H22N2O. The van der Waals surface area contributed by atoms with Crippen LogP contribution in [0.1, 0.15) is 24.0 Å². The third-order valence-corrected chi connectivity index (χ3v) is 4.99.